The molecule has 0 aromatic carbocycles. The molecule has 0 aliphatic carbocycles. The number of aliphatic hydroxyl groups excluding tert-OH is 2. The van der Waals surface area contributed by atoms with Crippen LogP contribution in [-0.2, 0) is 14.3 Å². The van der Waals surface area contributed by atoms with E-state index in [1.165, 1.54) is 231 Å². The van der Waals surface area contributed by atoms with Crippen LogP contribution in [0.2, 0.25) is 0 Å². The molecule has 0 saturated carbocycles. The van der Waals surface area contributed by atoms with Gasteiger partial charge in [0.25, 0.3) is 0 Å². The maximum Gasteiger partial charge on any atom is 0.305 e. The van der Waals surface area contributed by atoms with E-state index in [4.69, 9.17) is 4.74 Å². The number of nitrogens with one attached hydrogen (secondary N) is 1. The third-order valence-electron chi connectivity index (χ3n) is 13.1. The Bertz CT molecular complexity index is 924. The molecule has 1 amide bonds. The fraction of sp³-hybridized carbons (Fsp3) is 0.929. The van der Waals surface area contributed by atoms with Crippen molar-refractivity contribution in [2.75, 3.05) is 13.2 Å². The van der Waals surface area contributed by atoms with Gasteiger partial charge in [0.2, 0.25) is 5.91 Å². The van der Waals surface area contributed by atoms with Gasteiger partial charge in [0.05, 0.1) is 25.4 Å². The van der Waals surface area contributed by atoms with Crippen molar-refractivity contribution in [1.82, 2.24) is 5.32 Å². The lowest BCUT2D eigenvalue weighted by Gasteiger charge is -2.22. The van der Waals surface area contributed by atoms with Crippen LogP contribution in [-0.4, -0.2) is 47.4 Å². The fourth-order valence-electron chi connectivity index (χ4n) is 8.74. The number of rotatable bonds is 52. The van der Waals surface area contributed by atoms with Crippen molar-refractivity contribution in [2.45, 2.75) is 321 Å². The molecule has 0 spiro atoms. The zero-order valence-electron chi connectivity index (χ0n) is 41.9. The lowest BCUT2D eigenvalue weighted by Crippen LogP contribution is -2.45. The molecule has 0 fully saturated rings. The van der Waals surface area contributed by atoms with E-state index in [9.17, 15) is 19.8 Å². The third-order valence-corrected chi connectivity index (χ3v) is 13.1. The monoisotopic (exact) mass is 876 g/mol. The number of hydrogen-bond acceptors (Lipinski definition) is 5. The highest BCUT2D eigenvalue weighted by molar-refractivity contribution is 5.76. The average molecular weight is 876 g/mol. The Labute approximate surface area is 387 Å². The van der Waals surface area contributed by atoms with E-state index in [0.717, 1.165) is 44.9 Å². The second-order valence-corrected chi connectivity index (χ2v) is 19.3. The Morgan fingerprint density at radius 2 is 0.774 bits per heavy atom. The van der Waals surface area contributed by atoms with Crippen LogP contribution in [0.3, 0.4) is 0 Å². The molecular formula is C56H109NO5. The molecule has 6 nitrogen and oxygen atoms in total. The molecule has 0 heterocycles. The molecule has 368 valence electrons. The Hall–Kier alpha value is -1.40. The number of carbonyl (C=O) groups excluding carboxylic acids is 2. The molecule has 0 bridgehead atoms. The number of esters is 1. The van der Waals surface area contributed by atoms with E-state index in [0.29, 0.717) is 25.9 Å². The van der Waals surface area contributed by atoms with E-state index in [-0.39, 0.29) is 18.5 Å². The van der Waals surface area contributed by atoms with Gasteiger partial charge in [-0.2, -0.15) is 0 Å². The van der Waals surface area contributed by atoms with Crippen LogP contribution < -0.4 is 5.32 Å². The van der Waals surface area contributed by atoms with Crippen molar-refractivity contribution in [3.63, 3.8) is 0 Å². The largest absolute Gasteiger partial charge is 0.466 e. The second-order valence-electron chi connectivity index (χ2n) is 19.3. The lowest BCUT2D eigenvalue weighted by atomic mass is 10.0. The minimum Gasteiger partial charge on any atom is -0.466 e. The molecule has 6 heteroatoms. The topological polar surface area (TPSA) is 95.9 Å². The van der Waals surface area contributed by atoms with E-state index >= 15 is 0 Å². The molecular weight excluding hydrogens is 767 g/mol. The number of carbonyl (C=O) groups is 2. The predicted octanol–water partition coefficient (Wildman–Crippen LogP) is 16.9. The summed E-state index contributed by atoms with van der Waals surface area (Å²) in [6.07, 6.45) is 60.5. The Morgan fingerprint density at radius 1 is 0.435 bits per heavy atom. The maximum absolute atomic E-state index is 12.5. The van der Waals surface area contributed by atoms with Gasteiger partial charge in [0.1, 0.15) is 0 Å². The smallest absolute Gasteiger partial charge is 0.305 e. The zero-order chi connectivity index (χ0) is 45.1. The second kappa shape index (κ2) is 52.2. The van der Waals surface area contributed by atoms with Gasteiger partial charge in [-0.1, -0.05) is 264 Å². The van der Waals surface area contributed by atoms with Crippen molar-refractivity contribution in [2.24, 2.45) is 0 Å². The first-order valence-corrected chi connectivity index (χ1v) is 27.9. The Morgan fingerprint density at radius 3 is 1.19 bits per heavy atom. The summed E-state index contributed by atoms with van der Waals surface area (Å²) >= 11 is 0. The van der Waals surface area contributed by atoms with Gasteiger partial charge in [0, 0.05) is 12.8 Å². The normalized spacial score (nSPS) is 12.6. The molecule has 2 unspecified atom stereocenters. The van der Waals surface area contributed by atoms with Crippen LogP contribution in [0.5, 0.6) is 0 Å². The molecule has 0 aromatic heterocycles. The Balaban J connectivity index is 3.43. The van der Waals surface area contributed by atoms with Crippen LogP contribution in [0.15, 0.2) is 12.2 Å². The van der Waals surface area contributed by atoms with Crippen molar-refractivity contribution < 1.29 is 24.5 Å². The van der Waals surface area contributed by atoms with Gasteiger partial charge in [-0.15, -0.1) is 0 Å². The first-order chi connectivity index (χ1) is 30.5. The number of amides is 1. The highest BCUT2D eigenvalue weighted by atomic mass is 16.5. The minimum atomic E-state index is -0.668. The fourth-order valence-corrected chi connectivity index (χ4v) is 8.74. The van der Waals surface area contributed by atoms with Gasteiger partial charge in [0.15, 0.2) is 0 Å². The number of hydrogen-bond donors (Lipinski definition) is 3. The molecule has 0 saturated heterocycles. The average Bonchev–Trinajstić information content (AvgIpc) is 3.27. The number of allylic oxidation sites excluding steroid dienone is 2. The zero-order valence-corrected chi connectivity index (χ0v) is 41.9. The van der Waals surface area contributed by atoms with Crippen molar-refractivity contribution in [3.05, 3.63) is 12.2 Å². The van der Waals surface area contributed by atoms with Crippen molar-refractivity contribution in [1.29, 1.82) is 0 Å². The number of ether oxygens (including phenoxy) is 1. The van der Waals surface area contributed by atoms with E-state index < -0.39 is 12.1 Å². The van der Waals surface area contributed by atoms with Gasteiger partial charge >= 0.3 is 5.97 Å². The van der Waals surface area contributed by atoms with Crippen LogP contribution >= 0.6 is 0 Å². The summed E-state index contributed by atoms with van der Waals surface area (Å²) in [4.78, 5) is 24.5. The highest BCUT2D eigenvalue weighted by Gasteiger charge is 2.20. The third kappa shape index (κ3) is 48.1. The summed E-state index contributed by atoms with van der Waals surface area (Å²) in [5.41, 5.74) is 0. The number of unbranched alkanes of at least 4 members (excludes halogenated alkanes) is 39. The van der Waals surface area contributed by atoms with Gasteiger partial charge in [-0.25, -0.2) is 0 Å². The molecule has 0 aliphatic rings. The highest BCUT2D eigenvalue weighted by Crippen LogP contribution is 2.17. The quantitative estimate of drug-likeness (QED) is 0.0321. The van der Waals surface area contributed by atoms with E-state index in [2.05, 4.69) is 31.3 Å². The molecule has 62 heavy (non-hydrogen) atoms. The molecule has 2 atom stereocenters. The van der Waals surface area contributed by atoms with Gasteiger partial charge < -0.3 is 20.3 Å². The predicted molar refractivity (Wildman–Crippen MR) is 269 cm³/mol. The Kier molecular flexibility index (Phi) is 51.0. The first kappa shape index (κ1) is 60.6. The van der Waals surface area contributed by atoms with Crippen molar-refractivity contribution >= 4 is 11.9 Å². The summed E-state index contributed by atoms with van der Waals surface area (Å²) in [6, 6.07) is -0.546. The van der Waals surface area contributed by atoms with Crippen LogP contribution in [0.1, 0.15) is 309 Å². The summed E-state index contributed by atoms with van der Waals surface area (Å²) in [7, 11) is 0. The molecule has 0 radical (unpaired) electrons. The lowest BCUT2D eigenvalue weighted by molar-refractivity contribution is -0.143. The van der Waals surface area contributed by atoms with Gasteiger partial charge in [-0.05, 0) is 44.9 Å². The van der Waals surface area contributed by atoms with Gasteiger partial charge in [-0.3, -0.25) is 9.59 Å². The molecule has 0 rings (SSSR count). The van der Waals surface area contributed by atoms with Crippen LogP contribution in [0, 0.1) is 0 Å². The molecule has 3 N–H and O–H groups in total. The number of aliphatic hydroxyl groups is 2. The maximum atomic E-state index is 12.5. The standard InChI is InChI=1S/C56H109NO5/c1-3-5-7-9-11-13-15-16-17-18-19-22-25-29-32-36-40-44-48-54(59)53(52-58)57-55(60)49-45-41-37-33-30-26-23-20-21-24-27-31-35-39-43-47-51-62-56(61)50-46-42-38-34-28-14-12-10-8-6-4-2/h10,12,53-54,58-59H,3-9,11,13-52H2,1-2H3,(H,57,60)/b12-10-. The van der Waals surface area contributed by atoms with Crippen LogP contribution in [0.4, 0.5) is 0 Å². The van der Waals surface area contributed by atoms with Crippen LogP contribution in [0.25, 0.3) is 0 Å². The summed E-state index contributed by atoms with van der Waals surface area (Å²) in [5.74, 6) is -0.0468. The minimum absolute atomic E-state index is 0.00734. The first-order valence-electron chi connectivity index (χ1n) is 27.9. The summed E-state index contributed by atoms with van der Waals surface area (Å²) in [5, 5.41) is 23.3. The van der Waals surface area contributed by atoms with E-state index in [1.54, 1.807) is 0 Å². The molecule has 0 aromatic rings. The van der Waals surface area contributed by atoms with Crippen molar-refractivity contribution in [3.8, 4) is 0 Å². The molecule has 0 aliphatic heterocycles. The van der Waals surface area contributed by atoms with E-state index in [1.807, 2.05) is 0 Å². The summed E-state index contributed by atoms with van der Waals surface area (Å²) < 4.78 is 5.45. The SMILES string of the molecule is CCCC/C=C\CCCCCCCC(=O)OCCCCCCCCCCCCCCCCCCC(=O)NC(CO)C(O)CCCCCCCCCCCCCCCCCCCC. The summed E-state index contributed by atoms with van der Waals surface area (Å²) in [6.45, 7) is 4.92.